The molecular formula is C13H9BrClNOS. The molecule has 0 radical (unpaired) electrons. The van der Waals surface area contributed by atoms with Crippen molar-refractivity contribution in [2.75, 3.05) is 5.32 Å². The number of aromatic hydroxyl groups is 1. The van der Waals surface area contributed by atoms with E-state index in [1.54, 1.807) is 12.1 Å². The van der Waals surface area contributed by atoms with Gasteiger partial charge >= 0.3 is 0 Å². The Hall–Kier alpha value is -1.10. The van der Waals surface area contributed by atoms with Crippen LogP contribution in [-0.4, -0.2) is 10.1 Å². The molecule has 0 spiro atoms. The predicted molar refractivity (Wildman–Crippen MR) is 82.6 cm³/mol. The Morgan fingerprint density at radius 1 is 1.17 bits per heavy atom. The van der Waals surface area contributed by atoms with Gasteiger partial charge in [0, 0.05) is 15.1 Å². The number of benzene rings is 2. The normalized spacial score (nSPS) is 10.1. The number of hydrogen-bond acceptors (Lipinski definition) is 2. The van der Waals surface area contributed by atoms with Gasteiger partial charge in [-0.2, -0.15) is 0 Å². The first-order valence-corrected chi connectivity index (χ1v) is 6.69. The lowest BCUT2D eigenvalue weighted by Crippen LogP contribution is -2.10. The molecule has 0 saturated heterocycles. The van der Waals surface area contributed by atoms with E-state index in [-0.39, 0.29) is 5.75 Å². The van der Waals surface area contributed by atoms with Crippen LogP contribution in [0.5, 0.6) is 5.75 Å². The standard InChI is InChI=1S/C13H9BrClNOS/c14-9-3-1-8(2-4-9)13(18)16-11-7-10(15)5-6-12(11)17/h1-7,17H,(H,16,18). The number of phenols is 1. The Bertz CT molecular complexity index is 586. The fourth-order valence-electron chi connectivity index (χ4n) is 1.40. The minimum absolute atomic E-state index is 0.110. The maximum Gasteiger partial charge on any atom is 0.139 e. The SMILES string of the molecule is Oc1ccc(Cl)cc1NC(=S)c1ccc(Br)cc1. The molecule has 92 valence electrons. The number of halogens is 2. The lowest BCUT2D eigenvalue weighted by molar-refractivity contribution is 0.478. The summed E-state index contributed by atoms with van der Waals surface area (Å²) >= 11 is 14.5. The molecule has 2 aromatic carbocycles. The Morgan fingerprint density at radius 3 is 2.50 bits per heavy atom. The second-order valence-electron chi connectivity index (χ2n) is 3.62. The average Bonchev–Trinajstić information content (AvgIpc) is 2.34. The van der Waals surface area contributed by atoms with Gasteiger partial charge in [-0.3, -0.25) is 0 Å². The van der Waals surface area contributed by atoms with Crippen molar-refractivity contribution < 1.29 is 5.11 Å². The average molecular weight is 343 g/mol. The van der Waals surface area contributed by atoms with E-state index in [0.29, 0.717) is 15.7 Å². The predicted octanol–water partition coefficient (Wildman–Crippen LogP) is 4.60. The summed E-state index contributed by atoms with van der Waals surface area (Å²) in [5, 5.41) is 13.2. The smallest absolute Gasteiger partial charge is 0.139 e. The molecule has 2 N–H and O–H groups in total. The van der Waals surface area contributed by atoms with E-state index in [2.05, 4.69) is 21.2 Å². The fourth-order valence-corrected chi connectivity index (χ4v) is 2.09. The van der Waals surface area contributed by atoms with Gasteiger partial charge in [0.15, 0.2) is 0 Å². The van der Waals surface area contributed by atoms with Crippen LogP contribution < -0.4 is 5.32 Å². The monoisotopic (exact) mass is 341 g/mol. The summed E-state index contributed by atoms with van der Waals surface area (Å²) in [7, 11) is 0. The van der Waals surface area contributed by atoms with Crippen molar-refractivity contribution in [1.29, 1.82) is 0 Å². The first-order valence-electron chi connectivity index (χ1n) is 5.12. The van der Waals surface area contributed by atoms with Crippen LogP contribution in [0.25, 0.3) is 0 Å². The molecule has 0 aliphatic carbocycles. The first kappa shape index (κ1) is 13.3. The van der Waals surface area contributed by atoms with Crippen LogP contribution in [0.15, 0.2) is 46.9 Å². The number of hydrogen-bond donors (Lipinski definition) is 2. The number of thiocarbonyl (C=S) groups is 1. The molecule has 0 bridgehead atoms. The molecule has 0 aromatic heterocycles. The maximum absolute atomic E-state index is 9.69. The van der Waals surface area contributed by atoms with Gasteiger partial charge in [-0.15, -0.1) is 0 Å². The second-order valence-corrected chi connectivity index (χ2v) is 5.38. The molecule has 18 heavy (non-hydrogen) atoms. The van der Waals surface area contributed by atoms with Crippen LogP contribution in [0.4, 0.5) is 5.69 Å². The van der Waals surface area contributed by atoms with E-state index < -0.39 is 0 Å². The van der Waals surface area contributed by atoms with Crippen molar-refractivity contribution in [2.24, 2.45) is 0 Å². The van der Waals surface area contributed by atoms with E-state index in [4.69, 9.17) is 23.8 Å². The molecule has 0 fully saturated rings. The Labute approximate surface area is 124 Å². The third-order valence-electron chi connectivity index (χ3n) is 2.31. The van der Waals surface area contributed by atoms with Crippen molar-refractivity contribution in [3.05, 3.63) is 57.5 Å². The summed E-state index contributed by atoms with van der Waals surface area (Å²) in [6, 6.07) is 12.4. The summed E-state index contributed by atoms with van der Waals surface area (Å²) in [6.07, 6.45) is 0. The summed E-state index contributed by atoms with van der Waals surface area (Å²) < 4.78 is 0.986. The topological polar surface area (TPSA) is 32.3 Å². The van der Waals surface area contributed by atoms with Crippen LogP contribution in [0.1, 0.15) is 5.56 Å². The first-order chi connectivity index (χ1) is 8.56. The van der Waals surface area contributed by atoms with E-state index in [1.807, 2.05) is 24.3 Å². The summed E-state index contributed by atoms with van der Waals surface area (Å²) in [6.45, 7) is 0. The molecular weight excluding hydrogens is 334 g/mol. The zero-order chi connectivity index (χ0) is 13.1. The minimum Gasteiger partial charge on any atom is -0.506 e. The number of rotatable bonds is 2. The Balaban J connectivity index is 2.21. The molecule has 0 unspecified atom stereocenters. The van der Waals surface area contributed by atoms with E-state index >= 15 is 0 Å². The highest BCUT2D eigenvalue weighted by Gasteiger charge is 2.06. The molecule has 0 heterocycles. The van der Waals surface area contributed by atoms with Gasteiger partial charge in [-0.1, -0.05) is 51.9 Å². The number of anilines is 1. The summed E-state index contributed by atoms with van der Waals surface area (Å²) in [4.78, 5) is 0.528. The van der Waals surface area contributed by atoms with Gasteiger partial charge in [0.05, 0.1) is 5.69 Å². The highest BCUT2D eigenvalue weighted by Crippen LogP contribution is 2.27. The maximum atomic E-state index is 9.69. The van der Waals surface area contributed by atoms with Crippen molar-refractivity contribution in [2.45, 2.75) is 0 Å². The third-order valence-corrected chi connectivity index (χ3v) is 3.41. The lowest BCUT2D eigenvalue weighted by Gasteiger charge is -2.10. The van der Waals surface area contributed by atoms with Crippen molar-refractivity contribution in [3.63, 3.8) is 0 Å². The van der Waals surface area contributed by atoms with Crippen LogP contribution in [0.2, 0.25) is 5.02 Å². The number of nitrogens with one attached hydrogen (secondary N) is 1. The molecule has 0 atom stereocenters. The Kier molecular flexibility index (Phi) is 4.22. The van der Waals surface area contributed by atoms with Gasteiger partial charge in [0.2, 0.25) is 0 Å². The summed E-state index contributed by atoms with van der Waals surface area (Å²) in [5.74, 6) is 0.110. The molecule has 5 heteroatoms. The van der Waals surface area contributed by atoms with Gasteiger partial charge < -0.3 is 10.4 Å². The number of phenolic OH excluding ortho intramolecular Hbond substituents is 1. The van der Waals surface area contributed by atoms with Crippen LogP contribution in [0, 0.1) is 0 Å². The quantitative estimate of drug-likeness (QED) is 0.618. The van der Waals surface area contributed by atoms with Gasteiger partial charge in [-0.05, 0) is 30.3 Å². The van der Waals surface area contributed by atoms with E-state index in [1.165, 1.54) is 6.07 Å². The molecule has 0 saturated carbocycles. The third kappa shape index (κ3) is 3.22. The zero-order valence-electron chi connectivity index (χ0n) is 9.15. The lowest BCUT2D eigenvalue weighted by atomic mass is 10.2. The largest absolute Gasteiger partial charge is 0.506 e. The molecule has 0 amide bonds. The van der Waals surface area contributed by atoms with Crippen molar-refractivity contribution in [3.8, 4) is 5.75 Å². The minimum atomic E-state index is 0.110. The van der Waals surface area contributed by atoms with Gasteiger partial charge in [0.25, 0.3) is 0 Å². The van der Waals surface area contributed by atoms with Gasteiger partial charge in [0.1, 0.15) is 10.7 Å². The highest BCUT2D eigenvalue weighted by atomic mass is 79.9. The fraction of sp³-hybridized carbons (Fsp3) is 0. The molecule has 2 aromatic rings. The Morgan fingerprint density at radius 2 is 1.83 bits per heavy atom. The van der Waals surface area contributed by atoms with E-state index in [0.717, 1.165) is 10.0 Å². The summed E-state index contributed by atoms with van der Waals surface area (Å²) in [5.41, 5.74) is 1.36. The van der Waals surface area contributed by atoms with Crippen LogP contribution >= 0.6 is 39.7 Å². The molecule has 2 rings (SSSR count). The van der Waals surface area contributed by atoms with Crippen molar-refractivity contribution >= 4 is 50.4 Å². The molecule has 0 aliphatic heterocycles. The van der Waals surface area contributed by atoms with Crippen LogP contribution in [-0.2, 0) is 0 Å². The van der Waals surface area contributed by atoms with Gasteiger partial charge in [-0.25, -0.2) is 0 Å². The second kappa shape index (κ2) is 5.69. The zero-order valence-corrected chi connectivity index (χ0v) is 12.3. The molecule has 0 aliphatic rings. The van der Waals surface area contributed by atoms with Crippen molar-refractivity contribution in [1.82, 2.24) is 0 Å². The van der Waals surface area contributed by atoms with Crippen LogP contribution in [0.3, 0.4) is 0 Å². The molecule has 2 nitrogen and oxygen atoms in total. The van der Waals surface area contributed by atoms with E-state index in [9.17, 15) is 5.11 Å². The highest BCUT2D eigenvalue weighted by molar-refractivity contribution is 9.10.